The van der Waals surface area contributed by atoms with Crippen LogP contribution < -0.4 is 0 Å². The monoisotopic (exact) mass is 553 g/mol. The summed E-state index contributed by atoms with van der Waals surface area (Å²) in [6.45, 7) is 13.6. The summed E-state index contributed by atoms with van der Waals surface area (Å²) in [5.41, 5.74) is 1.34. The molecular weight excluding hydrogens is 522 g/mol. The molecule has 0 saturated heterocycles. The zero-order valence-electron chi connectivity index (χ0n) is 20.0. The van der Waals surface area contributed by atoms with Crippen LogP contribution in [0.4, 0.5) is 0 Å². The van der Waals surface area contributed by atoms with Gasteiger partial charge in [-0.3, -0.25) is 4.79 Å². The highest BCUT2D eigenvalue weighted by Crippen LogP contribution is 2.41. The van der Waals surface area contributed by atoms with Gasteiger partial charge in [-0.15, -0.1) is 16.4 Å². The van der Waals surface area contributed by atoms with Crippen LogP contribution in [0.5, 0.6) is 0 Å². The molecule has 33 heavy (non-hydrogen) atoms. The number of aliphatic carboxylic acids is 1. The maximum Gasteiger partial charge on any atom is 0.307 e. The lowest BCUT2D eigenvalue weighted by atomic mass is 9.70. The van der Waals surface area contributed by atoms with Gasteiger partial charge in [-0.05, 0) is 55.9 Å². The van der Waals surface area contributed by atoms with Gasteiger partial charge in [-0.1, -0.05) is 52.5 Å². The molecule has 2 heterocycles. The van der Waals surface area contributed by atoms with Crippen molar-refractivity contribution in [1.82, 2.24) is 25.2 Å². The fourth-order valence-corrected chi connectivity index (χ4v) is 6.18. The SMILES string of the molecule is CC(C)(C)[C@H](C(=O)O)[C@@H](Cc1cccc2sc(Br)nc12)c1nnnn1COCC[Si](C)(C)C. The predicted octanol–water partition coefficient (Wildman–Crippen LogP) is 5.43. The molecule has 180 valence electrons. The zero-order valence-corrected chi connectivity index (χ0v) is 23.4. The predicted molar refractivity (Wildman–Crippen MR) is 136 cm³/mol. The van der Waals surface area contributed by atoms with Crippen molar-refractivity contribution in [2.75, 3.05) is 6.61 Å². The third-order valence-corrected chi connectivity index (χ3v) is 8.80. The number of hydrogen-bond acceptors (Lipinski definition) is 7. The Labute approximate surface area is 207 Å². The summed E-state index contributed by atoms with van der Waals surface area (Å²) in [4.78, 5) is 17.1. The number of halogens is 1. The van der Waals surface area contributed by atoms with Gasteiger partial charge in [0.15, 0.2) is 9.74 Å². The quantitative estimate of drug-likeness (QED) is 0.263. The Morgan fingerprint density at radius 3 is 2.67 bits per heavy atom. The number of para-hydroxylation sites is 1. The summed E-state index contributed by atoms with van der Waals surface area (Å²) in [5, 5.41) is 22.5. The molecule has 0 aliphatic heterocycles. The Kier molecular flexibility index (Phi) is 8.08. The Morgan fingerprint density at radius 2 is 2.03 bits per heavy atom. The van der Waals surface area contributed by atoms with Crippen molar-refractivity contribution in [3.8, 4) is 0 Å². The molecule has 3 aromatic rings. The number of benzene rings is 1. The smallest absolute Gasteiger partial charge is 0.307 e. The Bertz CT molecular complexity index is 1110. The first-order valence-corrected chi connectivity index (χ1v) is 16.3. The van der Waals surface area contributed by atoms with Crippen LogP contribution in [0.15, 0.2) is 22.1 Å². The highest BCUT2D eigenvalue weighted by Gasteiger charge is 2.41. The van der Waals surface area contributed by atoms with Gasteiger partial charge in [0.25, 0.3) is 0 Å². The summed E-state index contributed by atoms with van der Waals surface area (Å²) >= 11 is 5.03. The van der Waals surface area contributed by atoms with Crippen LogP contribution in [-0.4, -0.2) is 50.9 Å². The highest BCUT2D eigenvalue weighted by molar-refractivity contribution is 9.11. The molecule has 3 rings (SSSR count). The maximum absolute atomic E-state index is 12.5. The van der Waals surface area contributed by atoms with Gasteiger partial charge in [-0.2, -0.15) is 0 Å². The van der Waals surface area contributed by atoms with Crippen molar-refractivity contribution in [2.45, 2.75) is 65.5 Å². The Hall–Kier alpha value is -1.69. The normalized spacial score (nSPS) is 14.5. The molecule has 1 aromatic carbocycles. The average molecular weight is 555 g/mol. The summed E-state index contributed by atoms with van der Waals surface area (Å²) in [5.74, 6) is -1.50. The van der Waals surface area contributed by atoms with E-state index in [9.17, 15) is 9.90 Å². The molecule has 0 radical (unpaired) electrons. The van der Waals surface area contributed by atoms with E-state index in [1.54, 1.807) is 16.0 Å². The molecule has 0 unspecified atom stereocenters. The minimum absolute atomic E-state index is 0.201. The van der Waals surface area contributed by atoms with E-state index in [0.717, 1.165) is 25.7 Å². The molecule has 11 heteroatoms. The third-order valence-electron chi connectivity index (χ3n) is 5.62. The number of tetrazole rings is 1. The maximum atomic E-state index is 12.5. The van der Waals surface area contributed by atoms with E-state index < -0.39 is 31.3 Å². The number of carbonyl (C=O) groups is 1. The first-order chi connectivity index (χ1) is 15.4. The molecule has 0 spiro atoms. The fraction of sp³-hybridized carbons (Fsp3) is 0.591. The second-order valence-electron chi connectivity index (χ2n) is 10.6. The van der Waals surface area contributed by atoms with E-state index in [1.807, 2.05) is 39.0 Å². The minimum Gasteiger partial charge on any atom is -0.481 e. The van der Waals surface area contributed by atoms with E-state index in [0.29, 0.717) is 18.9 Å². The molecule has 0 aliphatic carbocycles. The molecule has 8 nitrogen and oxygen atoms in total. The number of rotatable bonds is 10. The van der Waals surface area contributed by atoms with E-state index in [2.05, 4.69) is 56.1 Å². The zero-order chi connectivity index (χ0) is 24.4. The Morgan fingerprint density at radius 1 is 1.30 bits per heavy atom. The lowest BCUT2D eigenvalue weighted by molar-refractivity contribution is -0.146. The van der Waals surface area contributed by atoms with Crippen LogP contribution in [0.2, 0.25) is 25.7 Å². The number of hydrogen-bond donors (Lipinski definition) is 1. The van der Waals surface area contributed by atoms with Gasteiger partial charge in [0, 0.05) is 20.6 Å². The van der Waals surface area contributed by atoms with Gasteiger partial charge < -0.3 is 9.84 Å². The van der Waals surface area contributed by atoms with Crippen molar-refractivity contribution in [3.63, 3.8) is 0 Å². The summed E-state index contributed by atoms with van der Waals surface area (Å²) in [6, 6.07) is 7.04. The van der Waals surface area contributed by atoms with Crippen LogP contribution in [0.25, 0.3) is 10.2 Å². The van der Waals surface area contributed by atoms with Crippen LogP contribution in [0, 0.1) is 11.3 Å². The number of nitrogens with zero attached hydrogens (tertiary/aromatic N) is 5. The van der Waals surface area contributed by atoms with Gasteiger partial charge in [0.1, 0.15) is 6.73 Å². The van der Waals surface area contributed by atoms with Crippen LogP contribution >= 0.6 is 27.3 Å². The summed E-state index contributed by atoms with van der Waals surface area (Å²) in [7, 11) is -1.22. The lowest BCUT2D eigenvalue weighted by Crippen LogP contribution is -2.36. The topological polar surface area (TPSA) is 103 Å². The highest BCUT2D eigenvalue weighted by atomic mass is 79.9. The molecule has 0 saturated carbocycles. The molecule has 0 bridgehead atoms. The first kappa shape index (κ1) is 25.9. The van der Waals surface area contributed by atoms with Crippen LogP contribution in [0.1, 0.15) is 38.1 Å². The second kappa shape index (κ2) is 10.3. The van der Waals surface area contributed by atoms with Gasteiger partial charge in [0.05, 0.1) is 16.1 Å². The van der Waals surface area contributed by atoms with Crippen molar-refractivity contribution >= 4 is 51.5 Å². The molecule has 0 amide bonds. The Balaban J connectivity index is 1.97. The number of aromatic nitrogens is 5. The van der Waals surface area contributed by atoms with Crippen molar-refractivity contribution in [3.05, 3.63) is 33.5 Å². The number of thiazole rings is 1. The van der Waals surface area contributed by atoms with Gasteiger partial charge in [-0.25, -0.2) is 9.67 Å². The minimum atomic E-state index is -1.22. The van der Waals surface area contributed by atoms with Crippen molar-refractivity contribution < 1.29 is 14.6 Å². The fourth-order valence-electron chi connectivity index (χ4n) is 3.98. The number of ether oxygens (including phenoxy) is 1. The average Bonchev–Trinajstić information content (AvgIpc) is 3.28. The summed E-state index contributed by atoms with van der Waals surface area (Å²) in [6.07, 6.45) is 0.455. The van der Waals surface area contributed by atoms with Crippen molar-refractivity contribution in [2.24, 2.45) is 11.3 Å². The molecule has 2 atom stereocenters. The van der Waals surface area contributed by atoms with Gasteiger partial charge >= 0.3 is 5.97 Å². The molecule has 1 N–H and O–H groups in total. The largest absolute Gasteiger partial charge is 0.481 e. The summed E-state index contributed by atoms with van der Waals surface area (Å²) < 4.78 is 9.34. The van der Waals surface area contributed by atoms with E-state index >= 15 is 0 Å². The second-order valence-corrected chi connectivity index (χ2v) is 18.5. The lowest BCUT2D eigenvalue weighted by Gasteiger charge is -2.33. The molecular formula is C22H32BrN5O3SSi. The van der Waals surface area contributed by atoms with Crippen LogP contribution in [0.3, 0.4) is 0 Å². The molecule has 0 aliphatic rings. The van der Waals surface area contributed by atoms with Gasteiger partial charge in [0.2, 0.25) is 0 Å². The molecule has 2 aromatic heterocycles. The third kappa shape index (κ3) is 6.68. The van der Waals surface area contributed by atoms with E-state index in [4.69, 9.17) is 4.74 Å². The van der Waals surface area contributed by atoms with E-state index in [1.165, 1.54) is 0 Å². The first-order valence-electron chi connectivity index (χ1n) is 11.0. The standard InChI is InChI=1S/C22H32BrN5O3SSi/c1-22(2,3)17(20(29)30)15(12-14-8-7-9-16-18(14)24-21(23)32-16)19-25-26-27-28(19)13-31-10-11-33(4,5)6/h7-9,15,17H,10-13H2,1-6H3,(H,29,30)/t15-,17+/m1/s1. The molecule has 0 fully saturated rings. The van der Waals surface area contributed by atoms with Crippen LogP contribution in [-0.2, 0) is 22.7 Å². The van der Waals surface area contributed by atoms with Crippen molar-refractivity contribution in [1.29, 1.82) is 0 Å². The number of fused-ring (bicyclic) bond motifs is 1. The van der Waals surface area contributed by atoms with E-state index in [-0.39, 0.29) is 6.73 Å². The number of carboxylic acid groups (broad SMARTS) is 1. The number of carboxylic acids is 1.